The Morgan fingerprint density at radius 3 is 2.08 bits per heavy atom. The summed E-state index contributed by atoms with van der Waals surface area (Å²) in [6, 6.07) is 37.8. The Kier molecular flexibility index (Phi) is 6.14. The number of aliphatic hydroxyl groups is 1. The van der Waals surface area contributed by atoms with Gasteiger partial charge in [0.1, 0.15) is 5.84 Å². The minimum atomic E-state index is -0.709. The fourth-order valence-electron chi connectivity index (χ4n) is 5.35. The Labute approximate surface area is 213 Å². The zero-order valence-electron chi connectivity index (χ0n) is 20.4. The van der Waals surface area contributed by atoms with Gasteiger partial charge in [-0.2, -0.15) is 0 Å². The predicted molar refractivity (Wildman–Crippen MR) is 147 cm³/mol. The summed E-state index contributed by atoms with van der Waals surface area (Å²) in [7, 11) is 0. The number of fused-ring (bicyclic) bond motifs is 1. The van der Waals surface area contributed by atoms with Crippen LogP contribution in [-0.4, -0.2) is 28.9 Å². The fourth-order valence-corrected chi connectivity index (χ4v) is 5.35. The molecule has 6 rings (SSSR count). The van der Waals surface area contributed by atoms with Crippen LogP contribution >= 0.6 is 0 Å². The second kappa shape index (κ2) is 9.73. The topological polar surface area (TPSA) is 39.1 Å². The van der Waals surface area contributed by atoms with Gasteiger partial charge in [-0.3, -0.25) is 4.90 Å². The number of hydrogen-bond donors (Lipinski definition) is 1. The number of likely N-dealkylation sites (tertiary alicyclic amines) is 1. The van der Waals surface area contributed by atoms with E-state index in [2.05, 4.69) is 82.6 Å². The maximum absolute atomic E-state index is 11.2. The first-order valence-electron chi connectivity index (χ1n) is 12.8. The van der Waals surface area contributed by atoms with Crippen molar-refractivity contribution >= 4 is 17.2 Å². The van der Waals surface area contributed by atoms with Crippen molar-refractivity contribution in [2.45, 2.75) is 31.5 Å². The van der Waals surface area contributed by atoms with Gasteiger partial charge in [0.2, 0.25) is 0 Å². The molecule has 4 heteroatoms. The number of para-hydroxylation sites is 1. The second-order valence-electron chi connectivity index (χ2n) is 9.86. The Morgan fingerprint density at radius 2 is 1.36 bits per heavy atom. The van der Waals surface area contributed by atoms with Gasteiger partial charge in [0, 0.05) is 30.9 Å². The first-order chi connectivity index (χ1) is 17.7. The number of hydrogen-bond acceptors (Lipinski definition) is 4. The number of benzene rings is 4. The molecular formula is C32H31N3O. The third-order valence-electron chi connectivity index (χ3n) is 7.48. The zero-order chi connectivity index (χ0) is 24.4. The monoisotopic (exact) mass is 473 g/mol. The van der Waals surface area contributed by atoms with Crippen molar-refractivity contribution in [1.82, 2.24) is 4.90 Å². The van der Waals surface area contributed by atoms with Gasteiger partial charge in [0.05, 0.1) is 17.8 Å². The molecule has 0 spiro atoms. The number of rotatable bonds is 5. The Bertz CT molecular complexity index is 1340. The van der Waals surface area contributed by atoms with Gasteiger partial charge in [-0.15, -0.1) is 0 Å². The van der Waals surface area contributed by atoms with E-state index in [0.29, 0.717) is 0 Å². The minimum Gasteiger partial charge on any atom is -0.385 e. The molecule has 0 saturated carbocycles. The average molecular weight is 474 g/mol. The maximum atomic E-state index is 11.2. The van der Waals surface area contributed by atoms with E-state index in [1.807, 2.05) is 36.4 Å². The second-order valence-corrected chi connectivity index (χ2v) is 9.86. The van der Waals surface area contributed by atoms with E-state index >= 15 is 0 Å². The van der Waals surface area contributed by atoms with E-state index in [-0.39, 0.29) is 0 Å². The Hall–Kier alpha value is -3.73. The molecule has 4 nitrogen and oxygen atoms in total. The summed E-state index contributed by atoms with van der Waals surface area (Å²) in [5.41, 5.74) is 6.17. The molecule has 0 aromatic heterocycles. The van der Waals surface area contributed by atoms with Crippen LogP contribution in [0.15, 0.2) is 114 Å². The SMILES string of the molecule is OC1(c2ccccc2)CCN(Cc2ccc(N3Cc4ccccc4N=C3c3ccccc3)cc2)CC1. The number of aliphatic imine (C=N–C) groups is 1. The van der Waals surface area contributed by atoms with Gasteiger partial charge in [-0.05, 0) is 47.7 Å². The number of piperidine rings is 1. The van der Waals surface area contributed by atoms with Gasteiger partial charge in [-0.25, -0.2) is 4.99 Å². The lowest BCUT2D eigenvalue weighted by atomic mass is 9.84. The van der Waals surface area contributed by atoms with Crippen LogP contribution in [0.4, 0.5) is 11.4 Å². The summed E-state index contributed by atoms with van der Waals surface area (Å²) in [5, 5.41) is 11.2. The summed E-state index contributed by atoms with van der Waals surface area (Å²) in [6.07, 6.45) is 1.53. The van der Waals surface area contributed by atoms with Crippen LogP contribution in [0.1, 0.15) is 35.1 Å². The lowest BCUT2D eigenvalue weighted by Crippen LogP contribution is -2.42. The molecule has 36 heavy (non-hydrogen) atoms. The van der Waals surface area contributed by atoms with Crippen molar-refractivity contribution in [3.8, 4) is 0 Å². The number of anilines is 1. The van der Waals surface area contributed by atoms with E-state index < -0.39 is 5.60 Å². The van der Waals surface area contributed by atoms with E-state index in [4.69, 9.17) is 4.99 Å². The molecule has 4 aromatic rings. The van der Waals surface area contributed by atoms with E-state index in [1.54, 1.807) is 0 Å². The van der Waals surface area contributed by atoms with E-state index in [1.165, 1.54) is 11.1 Å². The Morgan fingerprint density at radius 1 is 0.722 bits per heavy atom. The summed E-state index contributed by atoms with van der Waals surface area (Å²) < 4.78 is 0. The molecule has 180 valence electrons. The molecule has 1 fully saturated rings. The van der Waals surface area contributed by atoms with Crippen LogP contribution in [0.25, 0.3) is 0 Å². The van der Waals surface area contributed by atoms with E-state index in [0.717, 1.165) is 67.4 Å². The van der Waals surface area contributed by atoms with Crippen LogP contribution in [0.5, 0.6) is 0 Å². The molecule has 0 radical (unpaired) electrons. The van der Waals surface area contributed by atoms with Crippen molar-refractivity contribution in [2.24, 2.45) is 4.99 Å². The highest BCUT2D eigenvalue weighted by Crippen LogP contribution is 2.34. The molecule has 0 aliphatic carbocycles. The maximum Gasteiger partial charge on any atom is 0.141 e. The van der Waals surface area contributed by atoms with E-state index in [9.17, 15) is 5.11 Å². The summed E-state index contributed by atoms with van der Waals surface area (Å²) in [4.78, 5) is 9.79. The summed E-state index contributed by atoms with van der Waals surface area (Å²) >= 11 is 0. The molecule has 2 aliphatic heterocycles. The largest absolute Gasteiger partial charge is 0.385 e. The molecule has 2 aliphatic rings. The van der Waals surface area contributed by atoms with Crippen molar-refractivity contribution in [1.29, 1.82) is 0 Å². The van der Waals surface area contributed by atoms with Crippen LogP contribution in [0.3, 0.4) is 0 Å². The average Bonchev–Trinajstić information content (AvgIpc) is 2.95. The molecule has 0 unspecified atom stereocenters. The third kappa shape index (κ3) is 4.58. The lowest BCUT2D eigenvalue weighted by Gasteiger charge is -2.38. The fraction of sp³-hybridized carbons (Fsp3) is 0.219. The lowest BCUT2D eigenvalue weighted by molar-refractivity contribution is -0.0277. The quantitative estimate of drug-likeness (QED) is 0.371. The standard InChI is InChI=1S/C32H31N3O/c36-32(28-12-5-2-6-13-28)19-21-34(22-20-32)23-25-15-17-29(18-16-25)35-24-27-11-7-8-14-30(27)33-31(35)26-9-3-1-4-10-26/h1-18,36H,19-24H2. The highest BCUT2D eigenvalue weighted by molar-refractivity contribution is 6.12. The molecule has 4 aromatic carbocycles. The van der Waals surface area contributed by atoms with Crippen molar-refractivity contribution in [3.63, 3.8) is 0 Å². The molecule has 0 atom stereocenters. The summed E-state index contributed by atoms with van der Waals surface area (Å²) in [6.45, 7) is 3.47. The van der Waals surface area contributed by atoms with Crippen LogP contribution < -0.4 is 4.90 Å². The molecule has 0 amide bonds. The minimum absolute atomic E-state index is 0.709. The van der Waals surface area contributed by atoms with Gasteiger partial charge in [0.25, 0.3) is 0 Å². The van der Waals surface area contributed by atoms with Crippen LogP contribution in [-0.2, 0) is 18.7 Å². The molecular weight excluding hydrogens is 442 g/mol. The molecule has 2 heterocycles. The first-order valence-corrected chi connectivity index (χ1v) is 12.8. The van der Waals surface area contributed by atoms with Crippen LogP contribution in [0, 0.1) is 0 Å². The normalized spacial score (nSPS) is 17.4. The smallest absolute Gasteiger partial charge is 0.141 e. The first kappa shape index (κ1) is 22.7. The third-order valence-corrected chi connectivity index (χ3v) is 7.48. The number of amidine groups is 1. The van der Waals surface area contributed by atoms with Gasteiger partial charge >= 0.3 is 0 Å². The highest BCUT2D eigenvalue weighted by Gasteiger charge is 2.33. The number of nitrogens with zero attached hydrogens (tertiary/aromatic N) is 3. The highest BCUT2D eigenvalue weighted by atomic mass is 16.3. The van der Waals surface area contributed by atoms with Crippen molar-refractivity contribution < 1.29 is 5.11 Å². The zero-order valence-corrected chi connectivity index (χ0v) is 20.4. The van der Waals surface area contributed by atoms with Crippen molar-refractivity contribution in [3.05, 3.63) is 131 Å². The van der Waals surface area contributed by atoms with Crippen LogP contribution in [0.2, 0.25) is 0 Å². The van der Waals surface area contributed by atoms with Crippen molar-refractivity contribution in [2.75, 3.05) is 18.0 Å². The molecule has 1 saturated heterocycles. The van der Waals surface area contributed by atoms with Gasteiger partial charge in [0.15, 0.2) is 0 Å². The van der Waals surface area contributed by atoms with Gasteiger partial charge in [-0.1, -0.05) is 91.0 Å². The Balaban J connectivity index is 1.17. The summed E-state index contributed by atoms with van der Waals surface area (Å²) in [5.74, 6) is 0.985. The van der Waals surface area contributed by atoms with Gasteiger partial charge < -0.3 is 10.0 Å². The molecule has 0 bridgehead atoms. The predicted octanol–water partition coefficient (Wildman–Crippen LogP) is 6.27. The molecule has 1 N–H and O–H groups in total.